The van der Waals surface area contributed by atoms with Gasteiger partial charge in [0.25, 0.3) is 16.1 Å². The predicted molar refractivity (Wildman–Crippen MR) is 112 cm³/mol. The molecule has 1 aliphatic rings. The third-order valence-corrected chi connectivity index (χ3v) is 7.03. The molecule has 30 heavy (non-hydrogen) atoms. The van der Waals surface area contributed by atoms with Gasteiger partial charge in [0.1, 0.15) is 11.6 Å². The fraction of sp³-hybridized carbons (Fsp3) is 0.450. The molecule has 1 aromatic carbocycles. The van der Waals surface area contributed by atoms with Crippen LogP contribution < -0.4 is 10.1 Å². The van der Waals surface area contributed by atoms with Gasteiger partial charge in [0.15, 0.2) is 0 Å². The van der Waals surface area contributed by atoms with Crippen molar-refractivity contribution in [2.24, 2.45) is 0 Å². The first-order chi connectivity index (χ1) is 14.2. The molecule has 1 aromatic heterocycles. The average Bonchev–Trinajstić information content (AvgIpc) is 3.23. The van der Waals surface area contributed by atoms with Crippen molar-refractivity contribution in [3.63, 3.8) is 0 Å². The van der Waals surface area contributed by atoms with Crippen molar-refractivity contribution in [2.45, 2.75) is 32.4 Å². The lowest BCUT2D eigenvalue weighted by Gasteiger charge is -2.27. The Morgan fingerprint density at radius 1 is 1.30 bits per heavy atom. The Morgan fingerprint density at radius 3 is 2.63 bits per heavy atom. The summed E-state index contributed by atoms with van der Waals surface area (Å²) in [6, 6.07) is 6.89. The van der Waals surface area contributed by atoms with Gasteiger partial charge in [-0.05, 0) is 37.5 Å². The monoisotopic (exact) mass is 433 g/mol. The first kappa shape index (κ1) is 22.1. The van der Waals surface area contributed by atoms with E-state index in [0.717, 1.165) is 11.3 Å². The van der Waals surface area contributed by atoms with Crippen LogP contribution in [0.4, 0.5) is 0 Å². The lowest BCUT2D eigenvalue weighted by Crippen LogP contribution is -2.40. The maximum absolute atomic E-state index is 12.9. The second kappa shape index (κ2) is 9.07. The molecular weight excluding hydrogens is 406 g/mol. The highest BCUT2D eigenvalue weighted by molar-refractivity contribution is 7.86. The molecule has 10 heteroatoms. The molecule has 1 amide bonds. The fourth-order valence-corrected chi connectivity index (χ4v) is 4.74. The maximum atomic E-state index is 12.9. The van der Waals surface area contributed by atoms with Gasteiger partial charge in [0.2, 0.25) is 0 Å². The van der Waals surface area contributed by atoms with Crippen molar-refractivity contribution < 1.29 is 17.9 Å². The summed E-state index contributed by atoms with van der Waals surface area (Å²) in [6.45, 7) is 2.43. The van der Waals surface area contributed by atoms with Crippen LogP contribution >= 0.6 is 0 Å². The molecule has 0 spiro atoms. The molecule has 2 aromatic rings. The Labute approximate surface area is 177 Å². The molecular formula is C20H27N5O4S. The molecule has 1 N–H and O–H groups in total. The number of nitrogens with one attached hydrogen (secondary N) is 1. The SMILES string of the molecule is COc1ccc(CNC(=O)c2cnc(C)nc2[C@H]2CCCN2S(=O)(=O)N(C)C)cc1. The molecule has 162 valence electrons. The highest BCUT2D eigenvalue weighted by atomic mass is 32.2. The zero-order chi connectivity index (χ0) is 21.9. The molecule has 1 atom stereocenters. The molecule has 1 saturated heterocycles. The fourth-order valence-electron chi connectivity index (χ4n) is 3.44. The van der Waals surface area contributed by atoms with E-state index < -0.39 is 16.3 Å². The van der Waals surface area contributed by atoms with Crippen LogP contribution in [0.15, 0.2) is 30.5 Å². The van der Waals surface area contributed by atoms with E-state index >= 15 is 0 Å². The largest absolute Gasteiger partial charge is 0.497 e. The first-order valence-electron chi connectivity index (χ1n) is 9.68. The number of hydrogen-bond acceptors (Lipinski definition) is 6. The Morgan fingerprint density at radius 2 is 2.00 bits per heavy atom. The van der Waals surface area contributed by atoms with Crippen molar-refractivity contribution in [3.8, 4) is 5.75 Å². The van der Waals surface area contributed by atoms with E-state index in [2.05, 4.69) is 15.3 Å². The molecule has 3 rings (SSSR count). The summed E-state index contributed by atoms with van der Waals surface area (Å²) >= 11 is 0. The summed E-state index contributed by atoms with van der Waals surface area (Å²) in [5.74, 6) is 0.892. The minimum absolute atomic E-state index is 0.292. The summed E-state index contributed by atoms with van der Waals surface area (Å²) < 4.78 is 33.2. The lowest BCUT2D eigenvalue weighted by atomic mass is 10.1. The van der Waals surface area contributed by atoms with Gasteiger partial charge in [-0.15, -0.1) is 0 Å². The van der Waals surface area contributed by atoms with Crippen molar-refractivity contribution >= 4 is 16.1 Å². The van der Waals surface area contributed by atoms with Crippen molar-refractivity contribution in [3.05, 3.63) is 53.1 Å². The molecule has 0 aliphatic carbocycles. The topological polar surface area (TPSA) is 105 Å². The molecule has 1 aliphatic heterocycles. The number of hydrogen-bond donors (Lipinski definition) is 1. The van der Waals surface area contributed by atoms with Crippen LogP contribution in [0.5, 0.6) is 5.75 Å². The molecule has 0 saturated carbocycles. The highest BCUT2D eigenvalue weighted by Gasteiger charge is 2.39. The number of aryl methyl sites for hydroxylation is 1. The maximum Gasteiger partial charge on any atom is 0.282 e. The summed E-state index contributed by atoms with van der Waals surface area (Å²) in [7, 11) is 0.964. The van der Waals surface area contributed by atoms with Crippen molar-refractivity contribution in [1.29, 1.82) is 0 Å². The number of nitrogens with zero attached hydrogens (tertiary/aromatic N) is 4. The predicted octanol–water partition coefficient (Wildman–Crippen LogP) is 1.67. The minimum atomic E-state index is -3.63. The van der Waals surface area contributed by atoms with Crippen LogP contribution in [-0.2, 0) is 16.8 Å². The summed E-state index contributed by atoms with van der Waals surface area (Å²) in [5.41, 5.74) is 1.65. The van der Waals surface area contributed by atoms with Gasteiger partial charge in [-0.2, -0.15) is 17.0 Å². The minimum Gasteiger partial charge on any atom is -0.497 e. The van der Waals surface area contributed by atoms with Crippen LogP contribution in [0.3, 0.4) is 0 Å². The average molecular weight is 434 g/mol. The number of carbonyl (C=O) groups excluding carboxylic acids is 1. The van der Waals surface area contributed by atoms with E-state index in [1.165, 1.54) is 28.9 Å². The number of benzene rings is 1. The normalized spacial score (nSPS) is 17.3. The summed E-state index contributed by atoms with van der Waals surface area (Å²) in [5, 5.41) is 2.87. The second-order valence-corrected chi connectivity index (χ2v) is 9.40. The standard InChI is InChI=1S/C20H27N5O4S/c1-14-21-13-17(20(26)22-12-15-7-9-16(29-4)10-8-15)19(23-14)18-6-5-11-25(18)30(27,28)24(2)3/h7-10,13,18H,5-6,11-12H2,1-4H3,(H,22,26)/t18-/m1/s1. The molecule has 0 unspecified atom stereocenters. The van der Waals surface area contributed by atoms with Gasteiger partial charge in [0, 0.05) is 33.4 Å². The Kier molecular flexibility index (Phi) is 6.69. The van der Waals surface area contributed by atoms with E-state index in [-0.39, 0.29) is 5.91 Å². The number of rotatable bonds is 7. The smallest absolute Gasteiger partial charge is 0.282 e. The van der Waals surface area contributed by atoms with Crippen LogP contribution in [0.25, 0.3) is 0 Å². The number of amides is 1. The molecule has 0 bridgehead atoms. The van der Waals surface area contributed by atoms with E-state index in [1.807, 2.05) is 24.3 Å². The Hall–Kier alpha value is -2.56. The van der Waals surface area contributed by atoms with Gasteiger partial charge < -0.3 is 10.1 Å². The third kappa shape index (κ3) is 4.61. The summed E-state index contributed by atoms with van der Waals surface area (Å²) in [6.07, 6.45) is 2.77. The van der Waals surface area contributed by atoms with Gasteiger partial charge in [-0.3, -0.25) is 4.79 Å². The quantitative estimate of drug-likeness (QED) is 0.712. The van der Waals surface area contributed by atoms with Gasteiger partial charge in [0.05, 0.1) is 24.4 Å². The van der Waals surface area contributed by atoms with Crippen LogP contribution in [-0.4, -0.2) is 60.7 Å². The molecule has 1 fully saturated rings. The number of methoxy groups -OCH3 is 1. The molecule has 2 heterocycles. The van der Waals surface area contributed by atoms with E-state index in [0.29, 0.717) is 43.0 Å². The van der Waals surface area contributed by atoms with Gasteiger partial charge in [-0.25, -0.2) is 9.97 Å². The number of aromatic nitrogens is 2. The van der Waals surface area contributed by atoms with Crippen molar-refractivity contribution in [1.82, 2.24) is 23.9 Å². The lowest BCUT2D eigenvalue weighted by molar-refractivity contribution is 0.0947. The second-order valence-electron chi connectivity index (χ2n) is 7.31. The molecule has 0 radical (unpaired) electrons. The Balaban J connectivity index is 1.84. The van der Waals surface area contributed by atoms with Crippen LogP contribution in [0.1, 0.15) is 46.3 Å². The van der Waals surface area contributed by atoms with Crippen molar-refractivity contribution in [2.75, 3.05) is 27.7 Å². The summed E-state index contributed by atoms with van der Waals surface area (Å²) in [4.78, 5) is 21.6. The van der Waals surface area contributed by atoms with Gasteiger partial charge >= 0.3 is 0 Å². The molecule has 9 nitrogen and oxygen atoms in total. The van der Waals surface area contributed by atoms with Gasteiger partial charge in [-0.1, -0.05) is 12.1 Å². The Bertz CT molecular complexity index is 1010. The van der Waals surface area contributed by atoms with Crippen LogP contribution in [0, 0.1) is 6.92 Å². The number of carbonyl (C=O) groups is 1. The zero-order valence-electron chi connectivity index (χ0n) is 17.6. The third-order valence-electron chi connectivity index (χ3n) is 5.07. The van der Waals surface area contributed by atoms with E-state index in [9.17, 15) is 13.2 Å². The van der Waals surface area contributed by atoms with E-state index in [1.54, 1.807) is 14.0 Å². The van der Waals surface area contributed by atoms with Crippen LogP contribution in [0.2, 0.25) is 0 Å². The van der Waals surface area contributed by atoms with E-state index in [4.69, 9.17) is 4.74 Å². The first-order valence-corrected chi connectivity index (χ1v) is 11.1. The number of ether oxygens (including phenoxy) is 1. The zero-order valence-corrected chi connectivity index (χ0v) is 18.4. The highest BCUT2D eigenvalue weighted by Crippen LogP contribution is 2.35.